The lowest BCUT2D eigenvalue weighted by Gasteiger charge is -2.13. The maximum absolute atomic E-state index is 12.1. The van der Waals surface area contributed by atoms with Crippen molar-refractivity contribution in [1.29, 1.82) is 0 Å². The number of azide groups is 1. The van der Waals surface area contributed by atoms with E-state index in [1.54, 1.807) is 0 Å². The summed E-state index contributed by atoms with van der Waals surface area (Å²) in [7, 11) is 0. The summed E-state index contributed by atoms with van der Waals surface area (Å²) < 4.78 is 46.8. The lowest BCUT2D eigenvalue weighted by Crippen LogP contribution is -2.22. The third-order valence-corrected chi connectivity index (χ3v) is 3.25. The Bertz CT molecular complexity index is 690. The van der Waals surface area contributed by atoms with Crippen molar-refractivity contribution in [1.82, 2.24) is 0 Å². The highest BCUT2D eigenvalue weighted by Gasteiger charge is 2.37. The number of carbonyl (C=O) groups excluding carboxylic acids is 2. The number of hydrogen-bond acceptors (Lipinski definition) is 6. The standard InChI is InChI=1S/C16H18F3N3O5/c17-16(18,19)14(25)6-2-5-13(24)11-3-1-4-12(9-11)27-10-15(21-22-20)26-8-7-23/h1,3-4,9,15,23H,2,5-8,10H2. The minimum Gasteiger partial charge on any atom is -0.491 e. The molecule has 0 spiro atoms. The molecule has 1 aromatic rings. The molecule has 27 heavy (non-hydrogen) atoms. The van der Waals surface area contributed by atoms with Crippen LogP contribution >= 0.6 is 0 Å². The first kappa shape index (κ1) is 22.4. The number of carbonyl (C=O) groups is 2. The average molecular weight is 389 g/mol. The SMILES string of the molecule is [N-]=[N+]=NC(COc1cccc(C(=O)CCCC(=O)C(F)(F)F)c1)OCCO. The Morgan fingerprint density at radius 3 is 2.67 bits per heavy atom. The Morgan fingerprint density at radius 2 is 2.04 bits per heavy atom. The number of ether oxygens (including phenoxy) is 2. The topological polar surface area (TPSA) is 122 Å². The Balaban J connectivity index is 2.58. The van der Waals surface area contributed by atoms with Crippen LogP contribution in [0.3, 0.4) is 0 Å². The van der Waals surface area contributed by atoms with Crippen LogP contribution < -0.4 is 4.74 Å². The molecule has 1 N–H and O–H groups in total. The summed E-state index contributed by atoms with van der Waals surface area (Å²) in [5, 5.41) is 12.0. The van der Waals surface area contributed by atoms with Gasteiger partial charge in [-0.05, 0) is 24.1 Å². The van der Waals surface area contributed by atoms with Gasteiger partial charge in [-0.1, -0.05) is 17.2 Å². The first-order valence-electron chi connectivity index (χ1n) is 7.90. The van der Waals surface area contributed by atoms with Gasteiger partial charge in [0.25, 0.3) is 0 Å². The number of aliphatic hydroxyl groups is 1. The first-order chi connectivity index (χ1) is 12.8. The number of nitrogens with zero attached hydrogens (tertiary/aromatic N) is 3. The Morgan fingerprint density at radius 1 is 1.30 bits per heavy atom. The molecular weight excluding hydrogens is 371 g/mol. The van der Waals surface area contributed by atoms with Gasteiger partial charge in [0.2, 0.25) is 5.78 Å². The fourth-order valence-electron chi connectivity index (χ4n) is 1.98. The van der Waals surface area contributed by atoms with Crippen molar-refractivity contribution < 1.29 is 37.3 Å². The molecule has 0 fully saturated rings. The number of hydrogen-bond donors (Lipinski definition) is 1. The Labute approximate surface area is 152 Å². The van der Waals surface area contributed by atoms with E-state index in [0.29, 0.717) is 0 Å². The number of benzene rings is 1. The summed E-state index contributed by atoms with van der Waals surface area (Å²) >= 11 is 0. The lowest BCUT2D eigenvalue weighted by atomic mass is 10.0. The molecule has 0 aliphatic rings. The molecule has 0 saturated carbocycles. The molecule has 0 amide bonds. The molecule has 1 rings (SSSR count). The molecule has 1 aromatic carbocycles. The predicted molar refractivity (Wildman–Crippen MR) is 87.2 cm³/mol. The Kier molecular flexibility index (Phi) is 9.27. The molecule has 11 heteroatoms. The zero-order valence-corrected chi connectivity index (χ0v) is 14.2. The second-order valence-corrected chi connectivity index (χ2v) is 5.29. The Hall–Kier alpha value is -2.62. The summed E-state index contributed by atoms with van der Waals surface area (Å²) in [6, 6.07) is 5.89. The molecule has 0 saturated heterocycles. The van der Waals surface area contributed by atoms with Gasteiger partial charge in [0, 0.05) is 23.3 Å². The monoisotopic (exact) mass is 389 g/mol. The van der Waals surface area contributed by atoms with Crippen LogP contribution in [0.2, 0.25) is 0 Å². The van der Waals surface area contributed by atoms with Gasteiger partial charge in [-0.15, -0.1) is 0 Å². The van der Waals surface area contributed by atoms with Gasteiger partial charge in [-0.3, -0.25) is 9.59 Å². The number of rotatable bonds is 12. The maximum atomic E-state index is 12.1. The first-order valence-corrected chi connectivity index (χ1v) is 7.90. The second-order valence-electron chi connectivity index (χ2n) is 5.29. The number of Topliss-reactive ketones (excluding diaryl/α,β-unsaturated/α-hetero) is 2. The summed E-state index contributed by atoms with van der Waals surface area (Å²) in [6.07, 6.45) is -7.05. The van der Waals surface area contributed by atoms with E-state index < -0.39 is 30.4 Å². The van der Waals surface area contributed by atoms with E-state index in [0.717, 1.165) is 0 Å². The van der Waals surface area contributed by atoms with Crippen LogP contribution in [0.25, 0.3) is 10.4 Å². The molecule has 1 unspecified atom stereocenters. The van der Waals surface area contributed by atoms with E-state index in [4.69, 9.17) is 20.1 Å². The zero-order valence-electron chi connectivity index (χ0n) is 14.2. The van der Waals surface area contributed by atoms with Crippen molar-refractivity contribution in [2.45, 2.75) is 31.7 Å². The molecule has 0 aliphatic heterocycles. The molecule has 0 radical (unpaired) electrons. The summed E-state index contributed by atoms with van der Waals surface area (Å²) in [4.78, 5) is 25.4. The largest absolute Gasteiger partial charge is 0.491 e. The number of aliphatic hydroxyl groups excluding tert-OH is 1. The minimum atomic E-state index is -4.89. The van der Waals surface area contributed by atoms with Crippen molar-refractivity contribution in [3.05, 3.63) is 40.3 Å². The van der Waals surface area contributed by atoms with Crippen LogP contribution in [0.15, 0.2) is 29.4 Å². The average Bonchev–Trinajstić information content (AvgIpc) is 2.63. The van der Waals surface area contributed by atoms with Crippen LogP contribution in [0.5, 0.6) is 5.75 Å². The number of alkyl halides is 3. The van der Waals surface area contributed by atoms with Gasteiger partial charge in [0.15, 0.2) is 12.0 Å². The van der Waals surface area contributed by atoms with Crippen LogP contribution in [0.1, 0.15) is 29.6 Å². The quantitative estimate of drug-likeness (QED) is 0.255. The molecule has 0 bridgehead atoms. The lowest BCUT2D eigenvalue weighted by molar-refractivity contribution is -0.171. The smallest absolute Gasteiger partial charge is 0.449 e. The van der Waals surface area contributed by atoms with E-state index in [-0.39, 0.29) is 44.0 Å². The number of ketones is 2. The van der Waals surface area contributed by atoms with Gasteiger partial charge >= 0.3 is 6.18 Å². The van der Waals surface area contributed by atoms with Crippen LogP contribution in [0.4, 0.5) is 13.2 Å². The summed E-state index contributed by atoms with van der Waals surface area (Å²) in [5.74, 6) is -2.03. The van der Waals surface area contributed by atoms with E-state index in [1.807, 2.05) is 0 Å². The predicted octanol–water partition coefficient (Wildman–Crippen LogP) is 3.20. The van der Waals surface area contributed by atoms with Crippen molar-refractivity contribution >= 4 is 11.6 Å². The van der Waals surface area contributed by atoms with E-state index in [9.17, 15) is 22.8 Å². The molecule has 148 valence electrons. The van der Waals surface area contributed by atoms with Gasteiger partial charge in [-0.25, -0.2) is 0 Å². The normalized spacial score (nSPS) is 12.1. The third kappa shape index (κ3) is 8.54. The van der Waals surface area contributed by atoms with Crippen LogP contribution in [-0.2, 0) is 9.53 Å². The summed E-state index contributed by atoms with van der Waals surface area (Å²) in [5.41, 5.74) is 8.65. The summed E-state index contributed by atoms with van der Waals surface area (Å²) in [6.45, 7) is -0.484. The molecule has 0 aliphatic carbocycles. The van der Waals surface area contributed by atoms with E-state index in [2.05, 4.69) is 10.0 Å². The highest BCUT2D eigenvalue weighted by molar-refractivity contribution is 5.96. The number of halogens is 3. The van der Waals surface area contributed by atoms with Crippen molar-refractivity contribution in [2.24, 2.45) is 5.11 Å². The third-order valence-electron chi connectivity index (χ3n) is 3.25. The fourth-order valence-corrected chi connectivity index (χ4v) is 1.98. The van der Waals surface area contributed by atoms with Crippen molar-refractivity contribution in [2.75, 3.05) is 19.8 Å². The molecule has 1 atom stereocenters. The fraction of sp³-hybridized carbons (Fsp3) is 0.500. The van der Waals surface area contributed by atoms with Crippen molar-refractivity contribution in [3.63, 3.8) is 0 Å². The highest BCUT2D eigenvalue weighted by Crippen LogP contribution is 2.20. The van der Waals surface area contributed by atoms with Gasteiger partial charge in [0.05, 0.1) is 13.2 Å². The van der Waals surface area contributed by atoms with E-state index >= 15 is 0 Å². The van der Waals surface area contributed by atoms with Gasteiger partial charge in [-0.2, -0.15) is 13.2 Å². The van der Waals surface area contributed by atoms with Gasteiger partial charge < -0.3 is 14.6 Å². The zero-order chi connectivity index (χ0) is 20.3. The second kappa shape index (κ2) is 11.2. The maximum Gasteiger partial charge on any atom is 0.449 e. The molecule has 0 aromatic heterocycles. The molecular formula is C16H18F3N3O5. The highest BCUT2D eigenvalue weighted by atomic mass is 19.4. The van der Waals surface area contributed by atoms with Crippen LogP contribution in [0, 0.1) is 0 Å². The van der Waals surface area contributed by atoms with Gasteiger partial charge in [0.1, 0.15) is 12.4 Å². The molecule has 0 heterocycles. The van der Waals surface area contributed by atoms with Crippen LogP contribution in [-0.4, -0.2) is 48.9 Å². The minimum absolute atomic E-state index is 0.0534. The van der Waals surface area contributed by atoms with E-state index in [1.165, 1.54) is 24.3 Å². The van der Waals surface area contributed by atoms with Crippen molar-refractivity contribution in [3.8, 4) is 5.75 Å². The molecule has 8 nitrogen and oxygen atoms in total.